The first-order valence-corrected chi connectivity index (χ1v) is 8.00. The number of tetrazole rings is 1. The van der Waals surface area contributed by atoms with E-state index in [0.29, 0.717) is 12.0 Å². The van der Waals surface area contributed by atoms with Crippen molar-refractivity contribution in [2.75, 3.05) is 26.2 Å². The molecule has 3 saturated heterocycles. The lowest BCUT2D eigenvalue weighted by molar-refractivity contribution is -0.132. The third-order valence-electron chi connectivity index (χ3n) is 5.06. The molecule has 114 valence electrons. The lowest BCUT2D eigenvalue weighted by atomic mass is 9.95. The maximum absolute atomic E-state index is 12.5. The van der Waals surface area contributed by atoms with Crippen LogP contribution in [-0.4, -0.2) is 68.1 Å². The zero-order valence-corrected chi connectivity index (χ0v) is 12.3. The summed E-state index contributed by atoms with van der Waals surface area (Å²) in [6, 6.07) is 0.558. The first kappa shape index (κ1) is 13.2. The SMILES string of the molecule is O=C(Cn1cnnn1)N1C[C@H]2CC[C@@H](C1)N(CC1CC1)C2. The van der Waals surface area contributed by atoms with E-state index in [4.69, 9.17) is 0 Å². The molecule has 4 fully saturated rings. The molecule has 1 saturated carbocycles. The molecule has 7 nitrogen and oxygen atoms in total. The van der Waals surface area contributed by atoms with E-state index in [1.807, 2.05) is 4.90 Å². The van der Waals surface area contributed by atoms with Gasteiger partial charge in [0.2, 0.25) is 5.91 Å². The van der Waals surface area contributed by atoms with Crippen molar-refractivity contribution in [3.05, 3.63) is 6.33 Å². The van der Waals surface area contributed by atoms with Gasteiger partial charge in [-0.2, -0.15) is 0 Å². The minimum atomic E-state index is 0.146. The van der Waals surface area contributed by atoms with Gasteiger partial charge in [-0.05, 0) is 47.9 Å². The summed E-state index contributed by atoms with van der Waals surface area (Å²) in [5, 5.41) is 11.0. The molecule has 4 heterocycles. The van der Waals surface area contributed by atoms with E-state index < -0.39 is 0 Å². The van der Waals surface area contributed by atoms with Crippen molar-refractivity contribution < 1.29 is 4.79 Å². The van der Waals surface area contributed by atoms with Gasteiger partial charge in [0.15, 0.2) is 0 Å². The van der Waals surface area contributed by atoms with Crippen LogP contribution in [0.1, 0.15) is 25.7 Å². The fourth-order valence-electron chi connectivity index (χ4n) is 3.73. The molecule has 21 heavy (non-hydrogen) atoms. The molecule has 1 aromatic rings. The highest BCUT2D eigenvalue weighted by Gasteiger charge is 2.38. The molecule has 0 unspecified atom stereocenters. The Hall–Kier alpha value is -1.50. The molecule has 4 aliphatic rings. The van der Waals surface area contributed by atoms with Crippen molar-refractivity contribution in [1.82, 2.24) is 30.0 Å². The molecule has 0 radical (unpaired) electrons. The fourth-order valence-corrected chi connectivity index (χ4v) is 3.73. The lowest BCUT2D eigenvalue weighted by Gasteiger charge is -2.36. The fraction of sp³-hybridized carbons (Fsp3) is 0.857. The minimum absolute atomic E-state index is 0.146. The zero-order chi connectivity index (χ0) is 14.2. The van der Waals surface area contributed by atoms with Crippen LogP contribution in [0, 0.1) is 11.8 Å². The van der Waals surface area contributed by atoms with Crippen LogP contribution < -0.4 is 0 Å². The molecule has 2 atom stereocenters. The second-order valence-electron chi connectivity index (χ2n) is 6.80. The number of rotatable bonds is 4. The van der Waals surface area contributed by atoms with Gasteiger partial charge in [-0.3, -0.25) is 9.69 Å². The molecule has 1 amide bonds. The number of carbonyl (C=O) groups excluding carboxylic acids is 1. The van der Waals surface area contributed by atoms with Crippen LogP contribution in [0.3, 0.4) is 0 Å². The van der Waals surface area contributed by atoms with Crippen molar-refractivity contribution in [2.45, 2.75) is 38.3 Å². The molecule has 5 rings (SSSR count). The summed E-state index contributed by atoms with van der Waals surface area (Å²) in [5.74, 6) is 1.71. The summed E-state index contributed by atoms with van der Waals surface area (Å²) in [7, 11) is 0. The number of piperidine rings is 1. The molecule has 2 bridgehead atoms. The van der Waals surface area contributed by atoms with E-state index in [2.05, 4.69) is 20.4 Å². The predicted molar refractivity (Wildman–Crippen MR) is 75.2 cm³/mol. The van der Waals surface area contributed by atoms with Crippen LogP contribution in [0.25, 0.3) is 0 Å². The quantitative estimate of drug-likeness (QED) is 0.781. The highest BCUT2D eigenvalue weighted by atomic mass is 16.2. The van der Waals surface area contributed by atoms with Gasteiger partial charge in [-0.15, -0.1) is 5.10 Å². The number of amides is 1. The largest absolute Gasteiger partial charge is 0.339 e. The zero-order valence-electron chi connectivity index (χ0n) is 12.3. The van der Waals surface area contributed by atoms with E-state index in [-0.39, 0.29) is 12.5 Å². The van der Waals surface area contributed by atoms with Gasteiger partial charge in [0.25, 0.3) is 0 Å². The Kier molecular flexibility index (Phi) is 3.37. The molecule has 3 aliphatic heterocycles. The van der Waals surface area contributed by atoms with Crippen molar-refractivity contribution >= 4 is 5.91 Å². The molecule has 7 heteroatoms. The normalized spacial score (nSPS) is 29.6. The summed E-state index contributed by atoms with van der Waals surface area (Å²) in [5.41, 5.74) is 0. The first-order chi connectivity index (χ1) is 10.3. The molecule has 0 N–H and O–H groups in total. The van der Waals surface area contributed by atoms with Crippen LogP contribution in [0.4, 0.5) is 0 Å². The van der Waals surface area contributed by atoms with E-state index in [1.54, 1.807) is 0 Å². The lowest BCUT2D eigenvalue weighted by Crippen LogP contribution is -2.45. The summed E-state index contributed by atoms with van der Waals surface area (Å²) in [4.78, 5) is 17.2. The Morgan fingerprint density at radius 3 is 2.81 bits per heavy atom. The number of hydrogen-bond acceptors (Lipinski definition) is 5. The second-order valence-corrected chi connectivity index (χ2v) is 6.80. The standard InChI is InChI=1S/C14H22N6O/c21-14(9-20-10-15-16-17-20)19-7-12-3-4-13(8-19)18(6-12)5-11-1-2-11/h10-13H,1-9H2/t12-,13-/m0/s1. The number of carbonyl (C=O) groups is 1. The third-order valence-corrected chi connectivity index (χ3v) is 5.06. The van der Waals surface area contributed by atoms with Crippen LogP contribution in [-0.2, 0) is 11.3 Å². The maximum atomic E-state index is 12.5. The molecular weight excluding hydrogens is 268 g/mol. The van der Waals surface area contributed by atoms with Gasteiger partial charge < -0.3 is 4.90 Å². The van der Waals surface area contributed by atoms with E-state index in [9.17, 15) is 4.79 Å². The number of aromatic nitrogens is 4. The molecule has 0 spiro atoms. The maximum Gasteiger partial charge on any atom is 0.244 e. The first-order valence-electron chi connectivity index (χ1n) is 8.00. The Morgan fingerprint density at radius 2 is 2.05 bits per heavy atom. The molecular formula is C14H22N6O. The van der Waals surface area contributed by atoms with Crippen molar-refractivity contribution in [3.63, 3.8) is 0 Å². The Morgan fingerprint density at radius 1 is 1.14 bits per heavy atom. The van der Waals surface area contributed by atoms with Crippen LogP contribution in [0.15, 0.2) is 6.33 Å². The van der Waals surface area contributed by atoms with Crippen molar-refractivity contribution in [1.29, 1.82) is 0 Å². The van der Waals surface area contributed by atoms with E-state index in [1.165, 1.54) is 49.8 Å². The van der Waals surface area contributed by atoms with Crippen LogP contribution >= 0.6 is 0 Å². The number of nitrogens with zero attached hydrogens (tertiary/aromatic N) is 6. The Balaban J connectivity index is 1.41. The monoisotopic (exact) mass is 290 g/mol. The van der Waals surface area contributed by atoms with Crippen molar-refractivity contribution in [3.8, 4) is 0 Å². The summed E-state index contributed by atoms with van der Waals surface area (Å²) in [6.45, 7) is 4.46. The van der Waals surface area contributed by atoms with E-state index in [0.717, 1.165) is 19.0 Å². The van der Waals surface area contributed by atoms with E-state index >= 15 is 0 Å². The van der Waals surface area contributed by atoms with Crippen LogP contribution in [0.5, 0.6) is 0 Å². The molecule has 1 aliphatic carbocycles. The highest BCUT2D eigenvalue weighted by Crippen LogP contribution is 2.34. The van der Waals surface area contributed by atoms with Gasteiger partial charge in [-0.1, -0.05) is 0 Å². The summed E-state index contributed by atoms with van der Waals surface area (Å²) < 4.78 is 1.51. The summed E-state index contributed by atoms with van der Waals surface area (Å²) >= 11 is 0. The highest BCUT2D eigenvalue weighted by molar-refractivity contribution is 5.76. The van der Waals surface area contributed by atoms with Gasteiger partial charge >= 0.3 is 0 Å². The van der Waals surface area contributed by atoms with Gasteiger partial charge in [-0.25, -0.2) is 4.68 Å². The minimum Gasteiger partial charge on any atom is -0.339 e. The smallest absolute Gasteiger partial charge is 0.244 e. The predicted octanol–water partition coefficient (Wildman–Crippen LogP) is 0.00590. The summed E-state index contributed by atoms with van der Waals surface area (Å²) in [6.07, 6.45) is 6.81. The van der Waals surface area contributed by atoms with Crippen LogP contribution in [0.2, 0.25) is 0 Å². The third kappa shape index (κ3) is 2.92. The van der Waals surface area contributed by atoms with Gasteiger partial charge in [0.1, 0.15) is 12.9 Å². The Bertz CT molecular complexity index is 500. The number of fused-ring (bicyclic) bond motifs is 4. The Labute approximate surface area is 124 Å². The average Bonchev–Trinajstić information content (AvgIpc) is 3.22. The molecule has 0 aromatic carbocycles. The number of hydrogen-bond donors (Lipinski definition) is 0. The topological polar surface area (TPSA) is 67.2 Å². The second kappa shape index (κ2) is 5.36. The van der Waals surface area contributed by atoms with Gasteiger partial charge in [0, 0.05) is 32.2 Å². The molecule has 1 aromatic heterocycles. The average molecular weight is 290 g/mol. The van der Waals surface area contributed by atoms with Crippen molar-refractivity contribution in [2.24, 2.45) is 11.8 Å². The van der Waals surface area contributed by atoms with Gasteiger partial charge in [0.05, 0.1) is 0 Å².